The smallest absolute Gasteiger partial charge is 0.308 e. The fourth-order valence-electron chi connectivity index (χ4n) is 2.18. The lowest BCUT2D eigenvalue weighted by molar-refractivity contribution is -0.131. The Hall–Kier alpha value is -3.08. The van der Waals surface area contributed by atoms with Crippen molar-refractivity contribution in [2.75, 3.05) is 0 Å². The van der Waals surface area contributed by atoms with Crippen molar-refractivity contribution in [2.45, 2.75) is 6.92 Å². The minimum Gasteiger partial charge on any atom is -0.508 e. The number of benzene rings is 2. The Labute approximate surface area is 125 Å². The van der Waals surface area contributed by atoms with Crippen LogP contribution in [0.3, 0.4) is 0 Å². The SMILES string of the molecule is CC(=O)Oc1ccc2c(=O)c(-c3ccc(O)cc3)coc2c1. The van der Waals surface area contributed by atoms with Gasteiger partial charge in [-0.3, -0.25) is 9.59 Å². The molecule has 1 aromatic heterocycles. The second-order valence-electron chi connectivity index (χ2n) is 4.78. The van der Waals surface area contributed by atoms with E-state index in [9.17, 15) is 14.7 Å². The second kappa shape index (κ2) is 5.37. The quantitative estimate of drug-likeness (QED) is 0.581. The minimum absolute atomic E-state index is 0.125. The molecule has 5 nitrogen and oxygen atoms in total. The fraction of sp³-hybridized carbons (Fsp3) is 0.0588. The van der Waals surface area contributed by atoms with Gasteiger partial charge in [0.2, 0.25) is 0 Å². The summed E-state index contributed by atoms with van der Waals surface area (Å²) in [5.74, 6) is 0.00268. The molecule has 0 aliphatic carbocycles. The van der Waals surface area contributed by atoms with Crippen LogP contribution in [0.2, 0.25) is 0 Å². The molecule has 0 unspecified atom stereocenters. The summed E-state index contributed by atoms with van der Waals surface area (Å²) < 4.78 is 10.4. The fourth-order valence-corrected chi connectivity index (χ4v) is 2.18. The third-order valence-corrected chi connectivity index (χ3v) is 3.19. The molecular weight excluding hydrogens is 284 g/mol. The highest BCUT2D eigenvalue weighted by Gasteiger charge is 2.10. The first-order chi connectivity index (χ1) is 10.5. The molecule has 0 saturated carbocycles. The first-order valence-corrected chi connectivity index (χ1v) is 6.58. The minimum atomic E-state index is -0.442. The highest BCUT2D eigenvalue weighted by atomic mass is 16.5. The lowest BCUT2D eigenvalue weighted by Crippen LogP contribution is -2.06. The van der Waals surface area contributed by atoms with Crippen molar-refractivity contribution in [3.05, 3.63) is 59.0 Å². The first-order valence-electron chi connectivity index (χ1n) is 6.58. The topological polar surface area (TPSA) is 76.7 Å². The van der Waals surface area contributed by atoms with Gasteiger partial charge in [-0.2, -0.15) is 0 Å². The molecule has 0 fully saturated rings. The third-order valence-electron chi connectivity index (χ3n) is 3.19. The normalized spacial score (nSPS) is 10.6. The molecule has 0 radical (unpaired) electrons. The average molecular weight is 296 g/mol. The Morgan fingerprint density at radius 3 is 2.55 bits per heavy atom. The molecule has 0 atom stereocenters. The van der Waals surface area contributed by atoms with Crippen molar-refractivity contribution < 1.29 is 19.1 Å². The summed E-state index contributed by atoms with van der Waals surface area (Å²) in [6.45, 7) is 1.30. The molecule has 110 valence electrons. The summed E-state index contributed by atoms with van der Waals surface area (Å²) in [6, 6.07) is 10.9. The van der Waals surface area contributed by atoms with Gasteiger partial charge in [0.1, 0.15) is 23.3 Å². The highest BCUT2D eigenvalue weighted by molar-refractivity contribution is 5.83. The molecule has 22 heavy (non-hydrogen) atoms. The molecule has 3 rings (SSSR count). The number of carbonyl (C=O) groups excluding carboxylic acids is 1. The molecule has 0 aliphatic rings. The van der Waals surface area contributed by atoms with E-state index in [0.29, 0.717) is 27.8 Å². The monoisotopic (exact) mass is 296 g/mol. The van der Waals surface area contributed by atoms with Crippen LogP contribution in [-0.4, -0.2) is 11.1 Å². The standard InChI is InChI=1S/C17H12O5/c1-10(18)22-13-6-7-14-16(8-13)21-9-15(17(14)20)11-2-4-12(19)5-3-11/h2-9,19H,1H3. The van der Waals surface area contributed by atoms with Gasteiger partial charge < -0.3 is 14.3 Å². The predicted octanol–water partition coefficient (Wildman–Crippen LogP) is 3.09. The Balaban J connectivity index is 2.12. The van der Waals surface area contributed by atoms with Crippen molar-refractivity contribution >= 4 is 16.9 Å². The van der Waals surface area contributed by atoms with Crippen LogP contribution in [0.15, 0.2) is 57.9 Å². The number of fused-ring (bicyclic) bond motifs is 1. The molecule has 2 aromatic carbocycles. The van der Waals surface area contributed by atoms with Crippen LogP contribution in [-0.2, 0) is 4.79 Å². The van der Waals surface area contributed by atoms with Crippen molar-refractivity contribution in [3.8, 4) is 22.6 Å². The van der Waals surface area contributed by atoms with Crippen LogP contribution in [0.25, 0.3) is 22.1 Å². The first kappa shape index (κ1) is 13.9. The van der Waals surface area contributed by atoms with Gasteiger partial charge in [-0.05, 0) is 29.8 Å². The Morgan fingerprint density at radius 2 is 1.86 bits per heavy atom. The summed E-state index contributed by atoms with van der Waals surface area (Å²) in [7, 11) is 0. The van der Waals surface area contributed by atoms with Crippen molar-refractivity contribution in [1.29, 1.82) is 0 Å². The van der Waals surface area contributed by atoms with Crippen molar-refractivity contribution in [2.24, 2.45) is 0 Å². The van der Waals surface area contributed by atoms with Crippen LogP contribution in [0.5, 0.6) is 11.5 Å². The number of ether oxygens (including phenoxy) is 1. The molecule has 0 bridgehead atoms. The van der Waals surface area contributed by atoms with Crippen molar-refractivity contribution in [3.63, 3.8) is 0 Å². The zero-order chi connectivity index (χ0) is 15.7. The van der Waals surface area contributed by atoms with E-state index >= 15 is 0 Å². The van der Waals surface area contributed by atoms with E-state index in [1.165, 1.54) is 31.4 Å². The molecule has 3 aromatic rings. The van der Waals surface area contributed by atoms with Gasteiger partial charge in [0.05, 0.1) is 10.9 Å². The largest absolute Gasteiger partial charge is 0.508 e. The summed E-state index contributed by atoms with van der Waals surface area (Å²) in [4.78, 5) is 23.5. The molecule has 1 N–H and O–H groups in total. The van der Waals surface area contributed by atoms with E-state index in [0.717, 1.165) is 0 Å². The van der Waals surface area contributed by atoms with Crippen LogP contribution >= 0.6 is 0 Å². The second-order valence-corrected chi connectivity index (χ2v) is 4.78. The lowest BCUT2D eigenvalue weighted by Gasteiger charge is -2.05. The Kier molecular flexibility index (Phi) is 3.39. The highest BCUT2D eigenvalue weighted by Crippen LogP contribution is 2.24. The number of rotatable bonds is 2. The summed E-state index contributed by atoms with van der Waals surface area (Å²) in [5, 5.41) is 9.69. The van der Waals surface area contributed by atoms with Gasteiger partial charge >= 0.3 is 5.97 Å². The maximum atomic E-state index is 12.5. The zero-order valence-corrected chi connectivity index (χ0v) is 11.7. The summed E-state index contributed by atoms with van der Waals surface area (Å²) in [6.07, 6.45) is 1.36. The molecule has 0 aliphatic heterocycles. The Morgan fingerprint density at radius 1 is 1.14 bits per heavy atom. The van der Waals surface area contributed by atoms with Crippen LogP contribution in [0.1, 0.15) is 6.92 Å². The van der Waals surface area contributed by atoms with E-state index in [4.69, 9.17) is 9.15 Å². The van der Waals surface area contributed by atoms with Gasteiger partial charge in [-0.25, -0.2) is 0 Å². The van der Waals surface area contributed by atoms with Gasteiger partial charge in [0, 0.05) is 13.0 Å². The molecule has 0 saturated heterocycles. The molecule has 0 amide bonds. The number of carbonyl (C=O) groups is 1. The maximum Gasteiger partial charge on any atom is 0.308 e. The molecule has 1 heterocycles. The van der Waals surface area contributed by atoms with Gasteiger partial charge in [-0.1, -0.05) is 12.1 Å². The maximum absolute atomic E-state index is 12.5. The number of phenolic OH excluding ortho intramolecular Hbond substituents is 1. The van der Waals surface area contributed by atoms with E-state index < -0.39 is 5.97 Å². The van der Waals surface area contributed by atoms with E-state index in [1.54, 1.807) is 24.3 Å². The van der Waals surface area contributed by atoms with E-state index in [-0.39, 0.29) is 11.2 Å². The third kappa shape index (κ3) is 2.56. The number of phenols is 1. The number of hydrogen-bond acceptors (Lipinski definition) is 5. The predicted molar refractivity (Wildman–Crippen MR) is 80.9 cm³/mol. The lowest BCUT2D eigenvalue weighted by atomic mass is 10.1. The molecular formula is C17H12O5. The summed E-state index contributed by atoms with van der Waals surface area (Å²) in [5.41, 5.74) is 1.19. The van der Waals surface area contributed by atoms with Crippen LogP contribution in [0.4, 0.5) is 0 Å². The summed E-state index contributed by atoms with van der Waals surface area (Å²) >= 11 is 0. The van der Waals surface area contributed by atoms with Crippen LogP contribution in [0, 0.1) is 0 Å². The van der Waals surface area contributed by atoms with Gasteiger partial charge in [0.15, 0.2) is 5.43 Å². The number of hydrogen-bond donors (Lipinski definition) is 1. The van der Waals surface area contributed by atoms with E-state index in [1.807, 2.05) is 0 Å². The number of esters is 1. The Bertz CT molecular complexity index is 906. The zero-order valence-electron chi connectivity index (χ0n) is 11.7. The van der Waals surface area contributed by atoms with Gasteiger partial charge in [0.25, 0.3) is 0 Å². The number of aromatic hydroxyl groups is 1. The van der Waals surface area contributed by atoms with Crippen LogP contribution < -0.4 is 10.2 Å². The average Bonchev–Trinajstić information content (AvgIpc) is 2.48. The van der Waals surface area contributed by atoms with Gasteiger partial charge in [-0.15, -0.1) is 0 Å². The molecule has 0 spiro atoms. The molecule has 5 heteroatoms. The van der Waals surface area contributed by atoms with Crippen molar-refractivity contribution in [1.82, 2.24) is 0 Å². The van der Waals surface area contributed by atoms with E-state index in [2.05, 4.69) is 0 Å².